The minimum Gasteiger partial charge on any atom is -0.489 e. The Morgan fingerprint density at radius 1 is 1.09 bits per heavy atom. The van der Waals surface area contributed by atoms with Gasteiger partial charge in [0.1, 0.15) is 24.0 Å². The predicted molar refractivity (Wildman–Crippen MR) is 79.4 cm³/mol. The van der Waals surface area contributed by atoms with Crippen molar-refractivity contribution < 1.29 is 23.4 Å². The highest BCUT2D eigenvalue weighted by Gasteiger charge is 2.06. The number of benzene rings is 2. The Labute approximate surface area is 130 Å². The number of nitrogens with zero attached hydrogens (tertiary/aromatic N) is 1. The molecule has 4 nitrogen and oxygen atoms in total. The van der Waals surface area contributed by atoms with Crippen LogP contribution in [0.2, 0.25) is 0 Å². The van der Waals surface area contributed by atoms with Crippen molar-refractivity contribution in [3.05, 3.63) is 71.4 Å². The van der Waals surface area contributed by atoms with Crippen LogP contribution < -0.4 is 4.74 Å². The smallest absolute Gasteiger partial charge is 0.337 e. The summed E-state index contributed by atoms with van der Waals surface area (Å²) >= 11 is 0. The van der Waals surface area contributed by atoms with Gasteiger partial charge < -0.3 is 9.84 Å². The van der Waals surface area contributed by atoms with Gasteiger partial charge in [0.25, 0.3) is 0 Å². The van der Waals surface area contributed by atoms with Crippen molar-refractivity contribution in [3.8, 4) is 5.75 Å². The number of carboxylic acids is 1. The highest BCUT2D eigenvalue weighted by atomic mass is 19.1. The molecule has 0 atom stereocenters. The van der Waals surface area contributed by atoms with Crippen molar-refractivity contribution in [1.82, 2.24) is 4.98 Å². The topological polar surface area (TPSA) is 59.4 Å². The summed E-state index contributed by atoms with van der Waals surface area (Å²) in [5.74, 6) is -1.90. The maximum absolute atomic E-state index is 13.1. The number of hydrogen-bond donors (Lipinski definition) is 1. The Morgan fingerprint density at radius 3 is 2.52 bits per heavy atom. The van der Waals surface area contributed by atoms with Crippen molar-refractivity contribution in [2.75, 3.05) is 0 Å². The zero-order valence-electron chi connectivity index (χ0n) is 11.8. The van der Waals surface area contributed by atoms with Crippen molar-refractivity contribution >= 4 is 16.9 Å². The molecule has 2 aromatic carbocycles. The molecule has 0 bridgehead atoms. The van der Waals surface area contributed by atoms with E-state index in [1.54, 1.807) is 18.2 Å². The molecule has 0 aliphatic rings. The highest BCUT2D eigenvalue weighted by molar-refractivity contribution is 5.92. The van der Waals surface area contributed by atoms with Gasteiger partial charge >= 0.3 is 5.97 Å². The van der Waals surface area contributed by atoms with E-state index in [4.69, 9.17) is 9.84 Å². The molecule has 1 N–H and O–H groups in total. The summed E-state index contributed by atoms with van der Waals surface area (Å²) in [6.07, 6.45) is 1.26. The van der Waals surface area contributed by atoms with Gasteiger partial charge in [0.15, 0.2) is 0 Å². The standard InChI is InChI=1S/C17H11F2NO3/c18-13-3-10(4-14(19)6-13)9-23-15-2-1-11-5-12(17(21)22)8-20-16(11)7-15/h1-8H,9H2,(H,21,22). The first-order valence-corrected chi connectivity index (χ1v) is 6.72. The summed E-state index contributed by atoms with van der Waals surface area (Å²) in [7, 11) is 0. The van der Waals surface area contributed by atoms with Gasteiger partial charge in [-0.3, -0.25) is 4.98 Å². The van der Waals surface area contributed by atoms with Crippen LogP contribution in [0.3, 0.4) is 0 Å². The van der Waals surface area contributed by atoms with Gasteiger partial charge in [-0.2, -0.15) is 0 Å². The zero-order valence-corrected chi connectivity index (χ0v) is 11.8. The van der Waals surface area contributed by atoms with Crippen LogP contribution in [0.5, 0.6) is 5.75 Å². The van der Waals surface area contributed by atoms with Crippen LogP contribution in [0.4, 0.5) is 8.78 Å². The van der Waals surface area contributed by atoms with Gasteiger partial charge in [-0.15, -0.1) is 0 Å². The quantitative estimate of drug-likeness (QED) is 0.796. The Bertz CT molecular complexity index is 876. The number of carbonyl (C=O) groups is 1. The fourth-order valence-electron chi connectivity index (χ4n) is 2.17. The van der Waals surface area contributed by atoms with Crippen LogP contribution in [0.25, 0.3) is 10.9 Å². The molecule has 1 heterocycles. The average molecular weight is 315 g/mol. The highest BCUT2D eigenvalue weighted by Crippen LogP contribution is 2.21. The molecule has 0 amide bonds. The number of hydrogen-bond acceptors (Lipinski definition) is 3. The van der Waals surface area contributed by atoms with Crippen LogP contribution in [0.15, 0.2) is 48.7 Å². The Morgan fingerprint density at radius 2 is 1.83 bits per heavy atom. The summed E-state index contributed by atoms with van der Waals surface area (Å²) in [5, 5.41) is 9.59. The van der Waals surface area contributed by atoms with Crippen LogP contribution in [-0.2, 0) is 6.61 Å². The lowest BCUT2D eigenvalue weighted by Crippen LogP contribution is -1.99. The molecular weight excluding hydrogens is 304 g/mol. The second-order valence-electron chi connectivity index (χ2n) is 4.95. The number of fused-ring (bicyclic) bond motifs is 1. The molecule has 0 saturated carbocycles. The fraction of sp³-hybridized carbons (Fsp3) is 0.0588. The number of rotatable bonds is 4. The van der Waals surface area contributed by atoms with E-state index in [-0.39, 0.29) is 12.2 Å². The first kappa shape index (κ1) is 14.9. The number of carboxylic acid groups (broad SMARTS) is 1. The molecule has 3 aromatic rings. The number of pyridine rings is 1. The van der Waals surface area contributed by atoms with Crippen molar-refractivity contribution in [2.45, 2.75) is 6.61 Å². The molecular formula is C17H11F2NO3. The molecule has 0 aliphatic heterocycles. The average Bonchev–Trinajstić information content (AvgIpc) is 2.51. The van der Waals surface area contributed by atoms with Crippen molar-refractivity contribution in [3.63, 3.8) is 0 Å². The molecule has 116 valence electrons. The first-order valence-electron chi connectivity index (χ1n) is 6.72. The molecule has 23 heavy (non-hydrogen) atoms. The molecule has 1 aromatic heterocycles. The molecule has 0 aliphatic carbocycles. The van der Waals surface area contributed by atoms with E-state index in [1.807, 2.05) is 0 Å². The second-order valence-corrected chi connectivity index (χ2v) is 4.95. The normalized spacial score (nSPS) is 10.7. The Balaban J connectivity index is 1.80. The monoisotopic (exact) mass is 315 g/mol. The zero-order chi connectivity index (χ0) is 16.4. The molecule has 0 spiro atoms. The van der Waals surface area contributed by atoms with Crippen molar-refractivity contribution in [2.24, 2.45) is 0 Å². The molecule has 0 radical (unpaired) electrons. The summed E-state index contributed by atoms with van der Waals surface area (Å²) in [4.78, 5) is 15.0. The minimum absolute atomic E-state index is 0.00734. The largest absolute Gasteiger partial charge is 0.489 e. The van der Waals surface area contributed by atoms with Gasteiger partial charge in [-0.25, -0.2) is 13.6 Å². The van der Waals surface area contributed by atoms with Crippen molar-refractivity contribution in [1.29, 1.82) is 0 Å². The lowest BCUT2D eigenvalue weighted by atomic mass is 10.1. The van der Waals surface area contributed by atoms with Gasteiger partial charge in [-0.05, 0) is 35.9 Å². The summed E-state index contributed by atoms with van der Waals surface area (Å²) in [5.41, 5.74) is 1.04. The van der Waals surface area contributed by atoms with E-state index in [0.29, 0.717) is 22.2 Å². The lowest BCUT2D eigenvalue weighted by Gasteiger charge is -2.08. The van der Waals surface area contributed by atoms with Gasteiger partial charge in [0.2, 0.25) is 0 Å². The SMILES string of the molecule is O=C(O)c1cnc2cc(OCc3cc(F)cc(F)c3)ccc2c1. The van der Waals surface area contributed by atoms with Crippen LogP contribution >= 0.6 is 0 Å². The first-order chi connectivity index (χ1) is 11.0. The number of ether oxygens (including phenoxy) is 1. The summed E-state index contributed by atoms with van der Waals surface area (Å²) < 4.78 is 31.7. The van der Waals surface area contributed by atoms with E-state index in [2.05, 4.69) is 4.98 Å². The molecule has 6 heteroatoms. The molecule has 0 saturated heterocycles. The maximum atomic E-state index is 13.1. The molecule has 0 fully saturated rings. The van der Waals surface area contributed by atoms with E-state index >= 15 is 0 Å². The second kappa shape index (κ2) is 6.00. The number of aromatic nitrogens is 1. The third-order valence-electron chi connectivity index (χ3n) is 3.23. The van der Waals surface area contributed by atoms with Gasteiger partial charge in [0.05, 0.1) is 11.1 Å². The van der Waals surface area contributed by atoms with Crippen LogP contribution in [0.1, 0.15) is 15.9 Å². The van der Waals surface area contributed by atoms with E-state index < -0.39 is 17.6 Å². The fourth-order valence-corrected chi connectivity index (χ4v) is 2.17. The Hall–Kier alpha value is -3.02. The molecule has 0 unspecified atom stereocenters. The third-order valence-corrected chi connectivity index (χ3v) is 3.23. The van der Waals surface area contributed by atoms with Crippen LogP contribution in [0, 0.1) is 11.6 Å². The van der Waals surface area contributed by atoms with Crippen LogP contribution in [-0.4, -0.2) is 16.1 Å². The maximum Gasteiger partial charge on any atom is 0.337 e. The van der Waals surface area contributed by atoms with E-state index in [9.17, 15) is 13.6 Å². The third kappa shape index (κ3) is 3.42. The number of halogens is 2. The predicted octanol–water partition coefficient (Wildman–Crippen LogP) is 3.79. The summed E-state index contributed by atoms with van der Waals surface area (Å²) in [6, 6.07) is 9.65. The lowest BCUT2D eigenvalue weighted by molar-refractivity contribution is 0.0696. The van der Waals surface area contributed by atoms with E-state index in [1.165, 1.54) is 24.4 Å². The minimum atomic E-state index is -1.05. The molecule has 3 rings (SSSR count). The van der Waals surface area contributed by atoms with Gasteiger partial charge in [-0.1, -0.05) is 0 Å². The number of aromatic carboxylic acids is 1. The van der Waals surface area contributed by atoms with E-state index in [0.717, 1.165) is 6.07 Å². The van der Waals surface area contributed by atoms with Gasteiger partial charge in [0, 0.05) is 23.7 Å². The Kier molecular flexibility index (Phi) is 3.89. The summed E-state index contributed by atoms with van der Waals surface area (Å²) in [6.45, 7) is 0.00734.